The number of ether oxygens (including phenoxy) is 2. The summed E-state index contributed by atoms with van der Waals surface area (Å²) in [7, 11) is 0. The molecule has 21 heavy (non-hydrogen) atoms. The average molecular weight is 308 g/mol. The van der Waals surface area contributed by atoms with Gasteiger partial charge >= 0.3 is 0 Å². The molecule has 1 aliphatic rings. The van der Waals surface area contributed by atoms with Crippen molar-refractivity contribution in [2.75, 3.05) is 13.2 Å². The first kappa shape index (κ1) is 14.2. The molecule has 110 valence electrons. The number of halogens is 2. The zero-order valence-electron chi connectivity index (χ0n) is 11.3. The first-order chi connectivity index (χ1) is 10.1. The molecule has 3 nitrogen and oxygen atoms in total. The third-order valence-electron chi connectivity index (χ3n) is 3.42. The van der Waals surface area contributed by atoms with Gasteiger partial charge in [0.15, 0.2) is 11.5 Å². The quantitative estimate of drug-likeness (QED) is 0.920. The van der Waals surface area contributed by atoms with Gasteiger partial charge in [0, 0.05) is 17.0 Å². The van der Waals surface area contributed by atoms with E-state index >= 15 is 0 Å². The monoisotopic (exact) mass is 307 g/mol. The standard InChI is InChI=1S/C16H15ClFNO2/c17-11-3-4-13(18)12(9-11)16(19)10-2-5-14-15(8-10)21-7-1-6-20-14/h2-5,8-9,16H,1,6-7,19H2. The molecule has 1 unspecified atom stereocenters. The van der Waals surface area contributed by atoms with E-state index in [1.807, 2.05) is 6.07 Å². The van der Waals surface area contributed by atoms with Gasteiger partial charge in [-0.15, -0.1) is 0 Å². The van der Waals surface area contributed by atoms with E-state index in [1.54, 1.807) is 18.2 Å². The molecule has 0 saturated heterocycles. The Balaban J connectivity index is 1.96. The predicted molar refractivity (Wildman–Crippen MR) is 79.5 cm³/mol. The number of rotatable bonds is 2. The van der Waals surface area contributed by atoms with E-state index in [1.165, 1.54) is 12.1 Å². The number of hydrogen-bond acceptors (Lipinski definition) is 3. The van der Waals surface area contributed by atoms with Gasteiger partial charge in [-0.1, -0.05) is 17.7 Å². The largest absolute Gasteiger partial charge is 0.490 e. The summed E-state index contributed by atoms with van der Waals surface area (Å²) in [6.45, 7) is 1.22. The van der Waals surface area contributed by atoms with Crippen LogP contribution in [0.1, 0.15) is 23.6 Å². The Kier molecular flexibility index (Phi) is 3.99. The summed E-state index contributed by atoms with van der Waals surface area (Å²) in [6, 6.07) is 9.18. The van der Waals surface area contributed by atoms with Crippen molar-refractivity contribution in [1.82, 2.24) is 0 Å². The van der Waals surface area contributed by atoms with Crippen LogP contribution in [-0.4, -0.2) is 13.2 Å². The maximum absolute atomic E-state index is 13.9. The summed E-state index contributed by atoms with van der Waals surface area (Å²) in [5.74, 6) is 0.955. The van der Waals surface area contributed by atoms with Crippen molar-refractivity contribution in [2.45, 2.75) is 12.5 Å². The van der Waals surface area contributed by atoms with Crippen molar-refractivity contribution < 1.29 is 13.9 Å². The molecule has 1 aliphatic heterocycles. The molecule has 1 heterocycles. The minimum absolute atomic E-state index is 0.358. The van der Waals surface area contributed by atoms with Crippen LogP contribution in [0.5, 0.6) is 11.5 Å². The fraction of sp³-hybridized carbons (Fsp3) is 0.250. The molecule has 5 heteroatoms. The Labute approximate surface area is 127 Å². The highest BCUT2D eigenvalue weighted by atomic mass is 35.5. The summed E-state index contributed by atoms with van der Waals surface area (Å²) in [6.07, 6.45) is 0.832. The van der Waals surface area contributed by atoms with E-state index in [4.69, 9.17) is 26.8 Å². The summed E-state index contributed by atoms with van der Waals surface area (Å²) >= 11 is 5.92. The molecule has 0 aromatic heterocycles. The smallest absolute Gasteiger partial charge is 0.161 e. The van der Waals surface area contributed by atoms with Crippen LogP contribution >= 0.6 is 11.6 Å². The van der Waals surface area contributed by atoms with Crippen molar-refractivity contribution in [1.29, 1.82) is 0 Å². The molecule has 0 fully saturated rings. The fourth-order valence-corrected chi connectivity index (χ4v) is 2.49. The van der Waals surface area contributed by atoms with Crippen LogP contribution in [0.25, 0.3) is 0 Å². The average Bonchev–Trinajstić information content (AvgIpc) is 2.73. The second-order valence-corrected chi connectivity index (χ2v) is 5.34. The molecule has 0 bridgehead atoms. The van der Waals surface area contributed by atoms with Crippen LogP contribution < -0.4 is 15.2 Å². The van der Waals surface area contributed by atoms with Crippen LogP contribution in [0.3, 0.4) is 0 Å². The first-order valence-electron chi connectivity index (χ1n) is 6.75. The number of fused-ring (bicyclic) bond motifs is 1. The Morgan fingerprint density at radius 1 is 1.05 bits per heavy atom. The molecule has 2 N–H and O–H groups in total. The molecular formula is C16H15ClFNO2. The van der Waals surface area contributed by atoms with Gasteiger partial charge in [0.2, 0.25) is 0 Å². The zero-order chi connectivity index (χ0) is 14.8. The van der Waals surface area contributed by atoms with E-state index in [9.17, 15) is 4.39 Å². The normalized spacial score (nSPS) is 15.4. The highest BCUT2D eigenvalue weighted by Gasteiger charge is 2.17. The van der Waals surface area contributed by atoms with Gasteiger partial charge in [-0.2, -0.15) is 0 Å². The van der Waals surface area contributed by atoms with E-state index in [0.717, 1.165) is 12.0 Å². The van der Waals surface area contributed by atoms with Crippen LogP contribution in [-0.2, 0) is 0 Å². The number of hydrogen-bond donors (Lipinski definition) is 1. The van der Waals surface area contributed by atoms with E-state index < -0.39 is 6.04 Å². The van der Waals surface area contributed by atoms with Gasteiger partial charge in [0.1, 0.15) is 5.82 Å². The summed E-state index contributed by atoms with van der Waals surface area (Å²) in [5, 5.41) is 0.455. The molecule has 0 saturated carbocycles. The molecule has 0 aliphatic carbocycles. The molecule has 0 amide bonds. The Hall–Kier alpha value is -1.78. The lowest BCUT2D eigenvalue weighted by Gasteiger charge is -2.16. The third-order valence-corrected chi connectivity index (χ3v) is 3.66. The number of nitrogens with two attached hydrogens (primary N) is 1. The summed E-state index contributed by atoms with van der Waals surface area (Å²) < 4.78 is 25.1. The van der Waals surface area contributed by atoms with Crippen molar-refractivity contribution in [2.24, 2.45) is 5.73 Å². The lowest BCUT2D eigenvalue weighted by Crippen LogP contribution is -2.14. The van der Waals surface area contributed by atoms with Crippen LogP contribution in [0.2, 0.25) is 5.02 Å². The second kappa shape index (κ2) is 5.92. The minimum Gasteiger partial charge on any atom is -0.490 e. The molecular weight excluding hydrogens is 293 g/mol. The van der Waals surface area contributed by atoms with Crippen molar-refractivity contribution >= 4 is 11.6 Å². The maximum Gasteiger partial charge on any atom is 0.161 e. The van der Waals surface area contributed by atoms with Gasteiger partial charge in [0.05, 0.1) is 19.3 Å². The fourth-order valence-electron chi connectivity index (χ4n) is 2.31. The van der Waals surface area contributed by atoms with Gasteiger partial charge < -0.3 is 15.2 Å². The maximum atomic E-state index is 13.9. The van der Waals surface area contributed by atoms with Crippen LogP contribution in [0.15, 0.2) is 36.4 Å². The van der Waals surface area contributed by atoms with Gasteiger partial charge in [0.25, 0.3) is 0 Å². The summed E-state index contributed by atoms with van der Waals surface area (Å²) in [4.78, 5) is 0. The molecule has 0 spiro atoms. The van der Waals surface area contributed by atoms with E-state index in [0.29, 0.717) is 35.3 Å². The zero-order valence-corrected chi connectivity index (χ0v) is 12.1. The van der Waals surface area contributed by atoms with Crippen molar-refractivity contribution in [3.63, 3.8) is 0 Å². The molecule has 3 rings (SSSR count). The SMILES string of the molecule is NC(c1ccc2c(c1)OCCCO2)c1cc(Cl)ccc1F. The topological polar surface area (TPSA) is 44.5 Å². The Morgan fingerprint density at radius 2 is 1.81 bits per heavy atom. The van der Waals surface area contributed by atoms with Gasteiger partial charge in [-0.25, -0.2) is 4.39 Å². The molecule has 1 atom stereocenters. The lowest BCUT2D eigenvalue weighted by molar-refractivity contribution is 0.297. The number of benzene rings is 2. The highest BCUT2D eigenvalue weighted by Crippen LogP contribution is 2.34. The molecule has 2 aromatic carbocycles. The molecule has 0 radical (unpaired) electrons. The summed E-state index contributed by atoms with van der Waals surface area (Å²) in [5.41, 5.74) is 7.27. The van der Waals surface area contributed by atoms with E-state index in [-0.39, 0.29) is 5.82 Å². The molecule has 2 aromatic rings. The first-order valence-corrected chi connectivity index (χ1v) is 7.13. The van der Waals surface area contributed by atoms with Crippen LogP contribution in [0.4, 0.5) is 4.39 Å². The lowest BCUT2D eigenvalue weighted by atomic mass is 9.98. The van der Waals surface area contributed by atoms with Crippen molar-refractivity contribution in [3.05, 3.63) is 58.4 Å². The Morgan fingerprint density at radius 3 is 2.62 bits per heavy atom. The second-order valence-electron chi connectivity index (χ2n) is 4.90. The highest BCUT2D eigenvalue weighted by molar-refractivity contribution is 6.30. The van der Waals surface area contributed by atoms with Gasteiger partial charge in [-0.05, 0) is 35.9 Å². The third kappa shape index (κ3) is 2.96. The van der Waals surface area contributed by atoms with Crippen molar-refractivity contribution in [3.8, 4) is 11.5 Å². The minimum atomic E-state index is -0.610. The van der Waals surface area contributed by atoms with E-state index in [2.05, 4.69) is 0 Å². The predicted octanol–water partition coefficient (Wildman–Crippen LogP) is 3.69. The van der Waals surface area contributed by atoms with Gasteiger partial charge in [-0.3, -0.25) is 0 Å². The van der Waals surface area contributed by atoms with Crippen LogP contribution in [0, 0.1) is 5.82 Å². The Bertz CT molecular complexity index is 663.